The molecule has 4 heteroatoms. The van der Waals surface area contributed by atoms with Gasteiger partial charge in [-0.15, -0.1) is 0 Å². The molecule has 0 saturated heterocycles. The molecule has 14 rings (SSSR count). The summed E-state index contributed by atoms with van der Waals surface area (Å²) in [5.41, 5.74) is 12.8. The minimum absolute atomic E-state index is 1.12. The van der Waals surface area contributed by atoms with E-state index in [1.165, 1.54) is 91.9 Å². The molecule has 0 saturated carbocycles. The summed E-state index contributed by atoms with van der Waals surface area (Å²) in [6.45, 7) is 0. The Morgan fingerprint density at radius 2 is 0.643 bits per heavy atom. The monoisotopic (exact) mass is 907 g/mol. The fourth-order valence-corrected chi connectivity index (χ4v) is 16.8. The van der Waals surface area contributed by atoms with Gasteiger partial charge in [0.05, 0.1) is 38.8 Å². The van der Waals surface area contributed by atoms with Crippen LogP contribution >= 0.6 is 0 Å². The first-order valence-electron chi connectivity index (χ1n) is 24.2. The quantitative estimate of drug-likeness (QED) is 0.107. The van der Waals surface area contributed by atoms with Crippen molar-refractivity contribution in [2.24, 2.45) is 0 Å². The van der Waals surface area contributed by atoms with Gasteiger partial charge < -0.3 is 13.7 Å². The van der Waals surface area contributed by atoms with Gasteiger partial charge in [-0.2, -0.15) is 0 Å². The lowest BCUT2D eigenvalue weighted by Gasteiger charge is -2.36. The Morgan fingerprint density at radius 1 is 0.243 bits per heavy atom. The molecule has 0 fully saturated rings. The van der Waals surface area contributed by atoms with Crippen molar-refractivity contribution in [3.63, 3.8) is 0 Å². The van der Waals surface area contributed by atoms with Gasteiger partial charge in [-0.05, 0) is 86.5 Å². The van der Waals surface area contributed by atoms with Crippen molar-refractivity contribution in [2.45, 2.75) is 0 Å². The number of benzene rings is 11. The highest BCUT2D eigenvalue weighted by molar-refractivity contribution is 7.20. The van der Waals surface area contributed by atoms with E-state index in [1.807, 2.05) is 0 Å². The summed E-state index contributed by atoms with van der Waals surface area (Å²) in [4.78, 5) is 0. The summed E-state index contributed by atoms with van der Waals surface area (Å²) in [5.74, 6) is 0. The largest absolute Gasteiger partial charge is 0.309 e. The molecule has 3 heterocycles. The Kier molecular flexibility index (Phi) is 9.23. The van der Waals surface area contributed by atoms with Gasteiger partial charge in [0.15, 0.2) is 8.07 Å². The predicted octanol–water partition coefficient (Wildman–Crippen LogP) is 14.0. The molecule has 11 aromatic carbocycles. The molecule has 0 radical (unpaired) electrons. The summed E-state index contributed by atoms with van der Waals surface area (Å²) in [5, 5.41) is 12.7. The van der Waals surface area contributed by atoms with Crippen LogP contribution < -0.4 is 20.7 Å². The maximum Gasteiger partial charge on any atom is 0.181 e. The molecule has 0 aliphatic carbocycles. The summed E-state index contributed by atoms with van der Waals surface area (Å²) in [6.07, 6.45) is 0. The van der Waals surface area contributed by atoms with Crippen molar-refractivity contribution >= 4 is 94.2 Å². The Labute approximate surface area is 407 Å². The maximum atomic E-state index is 2.60. The van der Waals surface area contributed by atoms with Gasteiger partial charge in [-0.3, -0.25) is 0 Å². The second kappa shape index (κ2) is 16.1. The molecule has 3 aromatic heterocycles. The zero-order valence-electron chi connectivity index (χ0n) is 38.3. The Bertz CT molecular complexity index is 4130. The number of aromatic nitrogens is 3. The molecule has 0 bridgehead atoms. The first kappa shape index (κ1) is 40.1. The van der Waals surface area contributed by atoms with Crippen LogP contribution in [0.5, 0.6) is 0 Å². The lowest BCUT2D eigenvalue weighted by molar-refractivity contribution is 1.13. The molecule has 0 atom stereocenters. The van der Waals surface area contributed by atoms with Crippen LogP contribution in [0.15, 0.2) is 273 Å². The molecule has 0 aliphatic rings. The van der Waals surface area contributed by atoms with Gasteiger partial charge in [0, 0.05) is 43.7 Å². The Morgan fingerprint density at radius 3 is 1.19 bits per heavy atom. The average Bonchev–Trinajstić information content (AvgIpc) is 4.08. The normalized spacial score (nSPS) is 12.0. The standard InChI is InChI=1S/C66H45N3Si/c1-5-23-46(24-6-1)47-25-21-26-48(43-47)67-58-38-17-15-35-54(58)56-37-22-42-62(66(56)67)69-61-41-20-16-36-55(61)57-44-65(64(45-63(57)69)68-59-39-18-13-33-52(59)53-34-14-19-40-60(53)68)70(49-27-7-2-8-28-49,50-29-9-3-10-30-50)51-31-11-4-12-32-51/h1-45H. The molecule has 328 valence electrons. The molecule has 3 nitrogen and oxygen atoms in total. The number of rotatable bonds is 8. The van der Waals surface area contributed by atoms with Gasteiger partial charge >= 0.3 is 0 Å². The molecular formula is C66H45N3Si. The van der Waals surface area contributed by atoms with Crippen LogP contribution in [0.3, 0.4) is 0 Å². The van der Waals surface area contributed by atoms with E-state index in [9.17, 15) is 0 Å². The van der Waals surface area contributed by atoms with Gasteiger partial charge in [0.1, 0.15) is 0 Å². The topological polar surface area (TPSA) is 14.8 Å². The highest BCUT2D eigenvalue weighted by Crippen LogP contribution is 2.42. The van der Waals surface area contributed by atoms with Crippen molar-refractivity contribution in [2.75, 3.05) is 0 Å². The van der Waals surface area contributed by atoms with Crippen LogP contribution in [-0.2, 0) is 0 Å². The molecule has 0 unspecified atom stereocenters. The van der Waals surface area contributed by atoms with Gasteiger partial charge in [0.2, 0.25) is 0 Å². The summed E-state index contributed by atoms with van der Waals surface area (Å²) in [6, 6.07) is 102. The Hall–Kier alpha value is -8.96. The molecule has 70 heavy (non-hydrogen) atoms. The van der Waals surface area contributed by atoms with Crippen LogP contribution in [-0.4, -0.2) is 21.8 Å². The van der Waals surface area contributed by atoms with Crippen molar-refractivity contribution in [1.82, 2.24) is 13.7 Å². The van der Waals surface area contributed by atoms with E-state index < -0.39 is 8.07 Å². The third-order valence-corrected chi connectivity index (χ3v) is 19.6. The third-order valence-electron chi connectivity index (χ3n) is 14.8. The van der Waals surface area contributed by atoms with Crippen LogP contribution in [0, 0.1) is 0 Å². The highest BCUT2D eigenvalue weighted by Gasteiger charge is 2.44. The lowest BCUT2D eigenvalue weighted by atomic mass is 10.1. The zero-order chi connectivity index (χ0) is 46.2. The van der Waals surface area contributed by atoms with Crippen molar-refractivity contribution in [1.29, 1.82) is 0 Å². The van der Waals surface area contributed by atoms with E-state index in [-0.39, 0.29) is 0 Å². The smallest absolute Gasteiger partial charge is 0.181 e. The van der Waals surface area contributed by atoms with Gasteiger partial charge in [-0.1, -0.05) is 218 Å². The van der Waals surface area contributed by atoms with Crippen molar-refractivity contribution in [3.8, 4) is 28.2 Å². The van der Waals surface area contributed by atoms with E-state index in [4.69, 9.17) is 0 Å². The molecule has 0 amide bonds. The molecule has 0 spiro atoms. The fourth-order valence-electron chi connectivity index (χ4n) is 11.9. The molecule has 0 N–H and O–H groups in total. The average molecular weight is 908 g/mol. The zero-order valence-corrected chi connectivity index (χ0v) is 39.3. The third kappa shape index (κ3) is 5.94. The first-order valence-corrected chi connectivity index (χ1v) is 26.2. The molecular weight excluding hydrogens is 863 g/mol. The minimum atomic E-state index is -3.14. The van der Waals surface area contributed by atoms with Gasteiger partial charge in [-0.25, -0.2) is 0 Å². The van der Waals surface area contributed by atoms with E-state index in [2.05, 4.69) is 287 Å². The number of fused-ring (bicyclic) bond motifs is 9. The van der Waals surface area contributed by atoms with Crippen LogP contribution in [0.25, 0.3) is 93.6 Å². The second-order valence-electron chi connectivity index (χ2n) is 18.4. The summed E-state index contributed by atoms with van der Waals surface area (Å²) in [7, 11) is -3.14. The lowest BCUT2D eigenvalue weighted by Crippen LogP contribution is -2.75. The van der Waals surface area contributed by atoms with Crippen LogP contribution in [0.1, 0.15) is 0 Å². The summed E-state index contributed by atoms with van der Waals surface area (Å²) >= 11 is 0. The second-order valence-corrected chi connectivity index (χ2v) is 22.2. The van der Waals surface area contributed by atoms with Gasteiger partial charge in [0.25, 0.3) is 0 Å². The van der Waals surface area contributed by atoms with Crippen LogP contribution in [0.4, 0.5) is 0 Å². The Balaban J connectivity index is 1.17. The minimum Gasteiger partial charge on any atom is -0.309 e. The first-order chi connectivity index (χ1) is 34.8. The highest BCUT2D eigenvalue weighted by atomic mass is 28.3. The van der Waals surface area contributed by atoms with E-state index in [0.29, 0.717) is 0 Å². The van der Waals surface area contributed by atoms with E-state index in [0.717, 1.165) is 22.4 Å². The van der Waals surface area contributed by atoms with E-state index in [1.54, 1.807) is 0 Å². The number of hydrogen-bond acceptors (Lipinski definition) is 0. The van der Waals surface area contributed by atoms with Crippen molar-refractivity contribution < 1.29 is 0 Å². The summed E-state index contributed by atoms with van der Waals surface area (Å²) < 4.78 is 7.62. The van der Waals surface area contributed by atoms with E-state index >= 15 is 0 Å². The fraction of sp³-hybridized carbons (Fsp3) is 0. The number of nitrogens with zero attached hydrogens (tertiary/aromatic N) is 3. The van der Waals surface area contributed by atoms with Crippen molar-refractivity contribution in [3.05, 3.63) is 273 Å². The predicted molar refractivity (Wildman–Crippen MR) is 299 cm³/mol. The molecule has 0 aliphatic heterocycles. The number of hydrogen-bond donors (Lipinski definition) is 0. The SMILES string of the molecule is c1ccc(-c2cccc(-n3c4ccccc4c4cccc(-n5c6ccccc6c6cc([Si](c7ccccc7)(c7ccccc7)c7ccccc7)c(-n7c8ccccc8c8ccccc87)cc65)c43)c2)cc1. The molecule has 14 aromatic rings. The number of para-hydroxylation sites is 5. The van der Waals surface area contributed by atoms with Crippen LogP contribution in [0.2, 0.25) is 0 Å². The maximum absolute atomic E-state index is 3.14.